The molecule has 2 unspecified atom stereocenters. The molecule has 0 aliphatic carbocycles. The minimum Gasteiger partial charge on any atom is -0.467 e. The average molecular weight is 475 g/mol. The molecule has 2 atom stereocenters. The maximum atomic E-state index is 12.4. The maximum Gasteiger partial charge on any atom is 0.332 e. The van der Waals surface area contributed by atoms with Gasteiger partial charge in [0, 0.05) is 0 Å². The van der Waals surface area contributed by atoms with Crippen molar-refractivity contribution in [1.82, 2.24) is 40.4 Å². The molecule has 14 heteroatoms. The Morgan fingerprint density at radius 1 is 0.844 bits per heavy atom. The topological polar surface area (TPSA) is 140 Å². The second-order valence-electron chi connectivity index (χ2n) is 6.48. The van der Waals surface area contributed by atoms with Crippen molar-refractivity contribution in [2.75, 3.05) is 14.2 Å². The van der Waals surface area contributed by atoms with E-state index in [9.17, 15) is 9.59 Å². The lowest BCUT2D eigenvalue weighted by molar-refractivity contribution is -0.148. The SMILES string of the molecule is COC(=O)C(CCC(C(=O)OC)n1nnc(-c2cccs2)n1)n1nnc(-c2cccs2)n1. The van der Waals surface area contributed by atoms with Crippen molar-refractivity contribution in [1.29, 1.82) is 0 Å². The zero-order valence-corrected chi connectivity index (χ0v) is 18.7. The van der Waals surface area contributed by atoms with Crippen LogP contribution in [-0.2, 0) is 19.1 Å². The summed E-state index contributed by atoms with van der Waals surface area (Å²) >= 11 is 2.91. The minimum absolute atomic E-state index is 0.155. The number of carbonyl (C=O) groups excluding carboxylic acids is 2. The molecule has 4 heterocycles. The number of carbonyl (C=O) groups is 2. The monoisotopic (exact) mass is 474 g/mol. The quantitative estimate of drug-likeness (QED) is 0.331. The highest BCUT2D eigenvalue weighted by Crippen LogP contribution is 2.25. The van der Waals surface area contributed by atoms with Gasteiger partial charge in [-0.25, -0.2) is 9.59 Å². The van der Waals surface area contributed by atoms with E-state index in [4.69, 9.17) is 9.47 Å². The largest absolute Gasteiger partial charge is 0.467 e. The number of hydrogen-bond donors (Lipinski definition) is 0. The number of nitrogens with zero attached hydrogens (tertiary/aromatic N) is 8. The number of ether oxygens (including phenoxy) is 2. The van der Waals surface area contributed by atoms with E-state index < -0.39 is 24.0 Å². The summed E-state index contributed by atoms with van der Waals surface area (Å²) in [7, 11) is 2.55. The van der Waals surface area contributed by atoms with Gasteiger partial charge < -0.3 is 9.47 Å². The molecule has 0 radical (unpaired) electrons. The van der Waals surface area contributed by atoms with Gasteiger partial charge in [-0.15, -0.1) is 52.7 Å². The van der Waals surface area contributed by atoms with Crippen LogP contribution in [0.1, 0.15) is 24.9 Å². The van der Waals surface area contributed by atoms with Gasteiger partial charge in [-0.2, -0.15) is 0 Å². The third kappa shape index (κ3) is 4.55. The van der Waals surface area contributed by atoms with E-state index in [-0.39, 0.29) is 12.8 Å². The normalized spacial score (nSPS) is 12.9. The van der Waals surface area contributed by atoms with Crippen LogP contribution < -0.4 is 0 Å². The van der Waals surface area contributed by atoms with Gasteiger partial charge >= 0.3 is 11.9 Å². The third-order valence-electron chi connectivity index (χ3n) is 4.56. The summed E-state index contributed by atoms with van der Waals surface area (Å²) in [5, 5.41) is 28.5. The van der Waals surface area contributed by atoms with Crippen molar-refractivity contribution >= 4 is 34.6 Å². The van der Waals surface area contributed by atoms with E-state index in [0.717, 1.165) is 9.75 Å². The standard InChI is InChI=1S/C18H18N8O4S2/c1-29-17(27)11(25-21-15(19-23-25)13-5-3-9-31-13)7-8-12(18(28)30-2)26-22-16(20-24-26)14-6-4-10-32-14/h3-6,9-12H,7-8H2,1-2H3. The van der Waals surface area contributed by atoms with Crippen LogP contribution in [0.15, 0.2) is 35.0 Å². The lowest BCUT2D eigenvalue weighted by Crippen LogP contribution is -2.28. The fraction of sp³-hybridized carbons (Fsp3) is 0.333. The highest BCUT2D eigenvalue weighted by molar-refractivity contribution is 7.13. The van der Waals surface area contributed by atoms with E-state index in [2.05, 4.69) is 30.8 Å². The number of tetrazole rings is 2. The molecule has 12 nitrogen and oxygen atoms in total. The van der Waals surface area contributed by atoms with Gasteiger partial charge in [0.2, 0.25) is 11.6 Å². The zero-order valence-electron chi connectivity index (χ0n) is 17.1. The van der Waals surface area contributed by atoms with Crippen LogP contribution in [0.3, 0.4) is 0 Å². The van der Waals surface area contributed by atoms with E-state index >= 15 is 0 Å². The van der Waals surface area contributed by atoms with E-state index in [1.807, 2.05) is 35.0 Å². The summed E-state index contributed by atoms with van der Waals surface area (Å²) in [6.07, 6.45) is 0.311. The molecule has 0 N–H and O–H groups in total. The summed E-state index contributed by atoms with van der Waals surface area (Å²) < 4.78 is 9.83. The van der Waals surface area contributed by atoms with Crippen LogP contribution >= 0.6 is 22.7 Å². The fourth-order valence-corrected chi connectivity index (χ4v) is 4.26. The molecular weight excluding hydrogens is 456 g/mol. The van der Waals surface area contributed by atoms with E-state index in [1.54, 1.807) is 0 Å². The Kier molecular flexibility index (Phi) is 6.61. The van der Waals surface area contributed by atoms with Crippen molar-refractivity contribution in [3.8, 4) is 21.4 Å². The minimum atomic E-state index is -0.895. The summed E-state index contributed by atoms with van der Waals surface area (Å²) in [5.74, 6) is -0.321. The first-order valence-electron chi connectivity index (χ1n) is 9.43. The molecule has 0 spiro atoms. The highest BCUT2D eigenvalue weighted by atomic mass is 32.1. The maximum absolute atomic E-state index is 12.4. The van der Waals surface area contributed by atoms with Gasteiger partial charge in [0.1, 0.15) is 0 Å². The average Bonchev–Trinajstić information content (AvgIpc) is 3.62. The predicted molar refractivity (Wildman–Crippen MR) is 114 cm³/mol. The van der Waals surface area contributed by atoms with Crippen molar-refractivity contribution in [2.24, 2.45) is 0 Å². The van der Waals surface area contributed by atoms with Crippen LogP contribution in [0.5, 0.6) is 0 Å². The Morgan fingerprint density at radius 3 is 1.62 bits per heavy atom. The number of thiophene rings is 2. The third-order valence-corrected chi connectivity index (χ3v) is 6.29. The zero-order chi connectivity index (χ0) is 22.5. The molecule has 0 aliphatic heterocycles. The van der Waals surface area contributed by atoms with E-state index in [0.29, 0.717) is 11.6 Å². The molecule has 166 valence electrons. The molecule has 0 fully saturated rings. The van der Waals surface area contributed by atoms with Crippen LogP contribution in [-0.4, -0.2) is 66.6 Å². The Hall–Kier alpha value is -3.52. The fourth-order valence-electron chi connectivity index (χ4n) is 2.97. The Labute approximate surface area is 189 Å². The molecule has 0 bridgehead atoms. The Balaban J connectivity index is 1.54. The molecule has 0 aliphatic rings. The summed E-state index contributed by atoms with van der Waals surface area (Å²) in [6.45, 7) is 0. The van der Waals surface area contributed by atoms with Crippen LogP contribution in [0.2, 0.25) is 0 Å². The Bertz CT molecular complexity index is 1080. The highest BCUT2D eigenvalue weighted by Gasteiger charge is 2.31. The molecular formula is C18H18N8O4S2. The number of esters is 2. The molecule has 0 amide bonds. The second-order valence-corrected chi connectivity index (χ2v) is 8.37. The number of methoxy groups -OCH3 is 2. The Morgan fingerprint density at radius 2 is 1.28 bits per heavy atom. The van der Waals surface area contributed by atoms with Gasteiger partial charge in [0.15, 0.2) is 12.1 Å². The smallest absolute Gasteiger partial charge is 0.332 e. The molecule has 0 saturated carbocycles. The number of aromatic nitrogens is 8. The van der Waals surface area contributed by atoms with Gasteiger partial charge in [-0.05, 0) is 46.2 Å². The predicted octanol–water partition coefficient (Wildman–Crippen LogP) is 2.03. The summed E-state index contributed by atoms with van der Waals surface area (Å²) in [6, 6.07) is 5.66. The van der Waals surface area contributed by atoms with E-state index in [1.165, 1.54) is 46.5 Å². The lowest BCUT2D eigenvalue weighted by Gasteiger charge is -2.17. The first-order chi connectivity index (χ1) is 15.6. The number of hydrogen-bond acceptors (Lipinski definition) is 12. The van der Waals surface area contributed by atoms with Gasteiger partial charge in [0.25, 0.3) is 0 Å². The summed E-state index contributed by atoms with van der Waals surface area (Å²) in [5.41, 5.74) is 0. The van der Waals surface area contributed by atoms with Crippen molar-refractivity contribution in [3.05, 3.63) is 35.0 Å². The first-order valence-corrected chi connectivity index (χ1v) is 11.2. The van der Waals surface area contributed by atoms with Crippen LogP contribution in [0.25, 0.3) is 21.4 Å². The lowest BCUT2D eigenvalue weighted by atomic mass is 10.1. The van der Waals surface area contributed by atoms with Gasteiger partial charge in [-0.3, -0.25) is 0 Å². The van der Waals surface area contributed by atoms with Crippen molar-refractivity contribution < 1.29 is 19.1 Å². The molecule has 0 aromatic carbocycles. The summed E-state index contributed by atoms with van der Waals surface area (Å²) in [4.78, 5) is 28.9. The van der Waals surface area contributed by atoms with Gasteiger partial charge in [0.05, 0.1) is 24.0 Å². The van der Waals surface area contributed by atoms with Crippen LogP contribution in [0, 0.1) is 0 Å². The molecule has 32 heavy (non-hydrogen) atoms. The second kappa shape index (κ2) is 9.74. The number of rotatable bonds is 9. The van der Waals surface area contributed by atoms with Crippen molar-refractivity contribution in [2.45, 2.75) is 24.9 Å². The van der Waals surface area contributed by atoms with Crippen LogP contribution in [0.4, 0.5) is 0 Å². The molecule has 4 aromatic heterocycles. The molecule has 4 aromatic rings. The van der Waals surface area contributed by atoms with Gasteiger partial charge in [-0.1, -0.05) is 12.1 Å². The molecule has 0 saturated heterocycles. The van der Waals surface area contributed by atoms with Crippen molar-refractivity contribution in [3.63, 3.8) is 0 Å². The molecule has 4 rings (SSSR count). The first kappa shape index (κ1) is 21.7.